The molecule has 2 N–H and O–H groups in total. The number of halogens is 3. The molecular formula is C14H15F3N4. The summed E-state index contributed by atoms with van der Waals surface area (Å²) >= 11 is 0. The average Bonchev–Trinajstić information content (AvgIpc) is 2.78. The number of hydrogen-bond acceptors (Lipinski definition) is 3. The first-order chi connectivity index (χ1) is 9.86. The SMILES string of the molecule is Cc1ccc(C(F)(F)F)cc1C1CCCn2nc(N)nc21. The summed E-state index contributed by atoms with van der Waals surface area (Å²) in [4.78, 5) is 4.19. The van der Waals surface area contributed by atoms with Gasteiger partial charge in [0.05, 0.1) is 5.56 Å². The van der Waals surface area contributed by atoms with E-state index in [2.05, 4.69) is 10.1 Å². The highest BCUT2D eigenvalue weighted by molar-refractivity contribution is 5.39. The van der Waals surface area contributed by atoms with E-state index in [0.717, 1.165) is 24.5 Å². The van der Waals surface area contributed by atoms with Crippen molar-refractivity contribution in [3.63, 3.8) is 0 Å². The Balaban J connectivity index is 2.09. The molecule has 0 saturated carbocycles. The normalized spacial score (nSPS) is 18.6. The highest BCUT2D eigenvalue weighted by Gasteiger charge is 2.33. The molecule has 0 spiro atoms. The molecule has 0 fully saturated rings. The van der Waals surface area contributed by atoms with Gasteiger partial charge in [0.15, 0.2) is 0 Å². The maximum Gasteiger partial charge on any atom is 0.416 e. The number of nitrogen functional groups attached to an aromatic ring is 1. The van der Waals surface area contributed by atoms with Crippen molar-refractivity contribution in [3.8, 4) is 0 Å². The second-order valence-corrected chi connectivity index (χ2v) is 5.32. The Bertz CT molecular complexity index is 675. The van der Waals surface area contributed by atoms with Crippen LogP contribution in [-0.4, -0.2) is 14.8 Å². The summed E-state index contributed by atoms with van der Waals surface area (Å²) in [6.45, 7) is 2.52. The van der Waals surface area contributed by atoms with Crippen LogP contribution in [0.5, 0.6) is 0 Å². The second kappa shape index (κ2) is 4.75. The fourth-order valence-electron chi connectivity index (χ4n) is 2.86. The van der Waals surface area contributed by atoms with E-state index < -0.39 is 11.7 Å². The summed E-state index contributed by atoms with van der Waals surface area (Å²) in [6, 6.07) is 3.85. The zero-order chi connectivity index (χ0) is 15.2. The van der Waals surface area contributed by atoms with E-state index in [-0.39, 0.29) is 11.9 Å². The first-order valence-corrected chi connectivity index (χ1v) is 6.74. The van der Waals surface area contributed by atoms with Gasteiger partial charge in [0.2, 0.25) is 5.95 Å². The minimum atomic E-state index is -4.34. The molecule has 7 heteroatoms. The van der Waals surface area contributed by atoms with Crippen molar-refractivity contribution in [2.75, 3.05) is 5.73 Å². The van der Waals surface area contributed by atoms with Crippen molar-refractivity contribution in [3.05, 3.63) is 40.7 Å². The molecule has 0 radical (unpaired) electrons. The van der Waals surface area contributed by atoms with Gasteiger partial charge in [-0.2, -0.15) is 18.2 Å². The summed E-state index contributed by atoms with van der Waals surface area (Å²) in [6.07, 6.45) is -2.75. The maximum atomic E-state index is 12.9. The number of hydrogen-bond donors (Lipinski definition) is 1. The molecule has 2 aromatic rings. The van der Waals surface area contributed by atoms with Gasteiger partial charge in [-0.15, -0.1) is 5.10 Å². The molecule has 1 aromatic carbocycles. The molecule has 4 nitrogen and oxygen atoms in total. The van der Waals surface area contributed by atoms with Gasteiger partial charge >= 0.3 is 6.18 Å². The molecule has 1 aromatic heterocycles. The van der Waals surface area contributed by atoms with E-state index in [1.165, 1.54) is 12.1 Å². The Labute approximate surface area is 119 Å². The van der Waals surface area contributed by atoms with Gasteiger partial charge in [-0.05, 0) is 43.0 Å². The van der Waals surface area contributed by atoms with E-state index >= 15 is 0 Å². The van der Waals surface area contributed by atoms with Crippen LogP contribution >= 0.6 is 0 Å². The zero-order valence-electron chi connectivity index (χ0n) is 11.5. The Kier molecular flexibility index (Phi) is 3.15. The number of fused-ring (bicyclic) bond motifs is 1. The number of nitrogens with zero attached hydrogens (tertiary/aromatic N) is 3. The summed E-state index contributed by atoms with van der Waals surface area (Å²) in [5.41, 5.74) is 6.45. The average molecular weight is 296 g/mol. The minimum absolute atomic E-state index is 0.168. The molecule has 21 heavy (non-hydrogen) atoms. The van der Waals surface area contributed by atoms with Crippen molar-refractivity contribution >= 4 is 5.95 Å². The van der Waals surface area contributed by atoms with Crippen molar-refractivity contribution in [2.24, 2.45) is 0 Å². The summed E-state index contributed by atoms with van der Waals surface area (Å²) in [5, 5.41) is 4.09. The molecule has 2 heterocycles. The summed E-state index contributed by atoms with van der Waals surface area (Å²) < 4.78 is 40.4. The molecule has 1 atom stereocenters. The molecule has 0 amide bonds. The van der Waals surface area contributed by atoms with E-state index in [1.54, 1.807) is 4.68 Å². The van der Waals surface area contributed by atoms with Gasteiger partial charge in [0.25, 0.3) is 0 Å². The fourth-order valence-corrected chi connectivity index (χ4v) is 2.86. The smallest absolute Gasteiger partial charge is 0.366 e. The van der Waals surface area contributed by atoms with Crippen LogP contribution in [0.3, 0.4) is 0 Å². The zero-order valence-corrected chi connectivity index (χ0v) is 11.5. The Morgan fingerprint density at radius 1 is 1.33 bits per heavy atom. The molecule has 1 aliphatic heterocycles. The van der Waals surface area contributed by atoms with Gasteiger partial charge in [0, 0.05) is 12.5 Å². The third-order valence-corrected chi connectivity index (χ3v) is 3.87. The Morgan fingerprint density at radius 2 is 2.10 bits per heavy atom. The lowest BCUT2D eigenvalue weighted by Gasteiger charge is -2.24. The number of aromatic nitrogens is 3. The molecule has 0 aliphatic carbocycles. The van der Waals surface area contributed by atoms with Gasteiger partial charge in [-0.1, -0.05) is 6.07 Å². The molecule has 1 unspecified atom stereocenters. The van der Waals surface area contributed by atoms with Crippen molar-refractivity contribution < 1.29 is 13.2 Å². The first kappa shape index (κ1) is 13.9. The molecule has 112 valence electrons. The van der Waals surface area contributed by atoms with Gasteiger partial charge in [-0.25, -0.2) is 4.68 Å². The van der Waals surface area contributed by atoms with E-state index in [9.17, 15) is 13.2 Å². The minimum Gasteiger partial charge on any atom is -0.366 e. The van der Waals surface area contributed by atoms with E-state index in [1.807, 2.05) is 6.92 Å². The number of alkyl halides is 3. The van der Waals surface area contributed by atoms with Crippen molar-refractivity contribution in [1.82, 2.24) is 14.8 Å². The third-order valence-electron chi connectivity index (χ3n) is 3.87. The van der Waals surface area contributed by atoms with Crippen LogP contribution in [-0.2, 0) is 12.7 Å². The van der Waals surface area contributed by atoms with Crippen LogP contribution in [0.4, 0.5) is 19.1 Å². The summed E-state index contributed by atoms with van der Waals surface area (Å²) in [7, 11) is 0. The molecular weight excluding hydrogens is 281 g/mol. The number of nitrogens with two attached hydrogens (primary N) is 1. The topological polar surface area (TPSA) is 56.7 Å². The predicted octanol–water partition coefficient (Wildman–Crippen LogP) is 3.11. The monoisotopic (exact) mass is 296 g/mol. The van der Waals surface area contributed by atoms with Crippen LogP contribution < -0.4 is 5.73 Å². The molecule has 0 saturated heterocycles. The van der Waals surface area contributed by atoms with Gasteiger partial charge in [-0.3, -0.25) is 0 Å². The van der Waals surface area contributed by atoms with E-state index in [0.29, 0.717) is 17.9 Å². The van der Waals surface area contributed by atoms with Crippen LogP contribution in [0, 0.1) is 6.92 Å². The maximum absolute atomic E-state index is 12.9. The largest absolute Gasteiger partial charge is 0.416 e. The highest BCUT2D eigenvalue weighted by atomic mass is 19.4. The van der Waals surface area contributed by atoms with Gasteiger partial charge in [0.1, 0.15) is 5.82 Å². The fraction of sp³-hybridized carbons (Fsp3) is 0.429. The molecule has 3 rings (SSSR count). The highest BCUT2D eigenvalue weighted by Crippen LogP contribution is 2.37. The predicted molar refractivity (Wildman–Crippen MR) is 71.7 cm³/mol. The standard InChI is InChI=1S/C14H15F3N4/c1-8-4-5-9(14(15,16)17)7-11(8)10-3-2-6-21-12(10)19-13(18)20-21/h4-5,7,10H,2-3,6H2,1H3,(H2,18,20). The Morgan fingerprint density at radius 3 is 2.81 bits per heavy atom. The second-order valence-electron chi connectivity index (χ2n) is 5.32. The van der Waals surface area contributed by atoms with Crippen molar-refractivity contribution in [1.29, 1.82) is 0 Å². The summed E-state index contributed by atoms with van der Waals surface area (Å²) in [5.74, 6) is 0.633. The lowest BCUT2D eigenvalue weighted by Crippen LogP contribution is -2.19. The van der Waals surface area contributed by atoms with Crippen LogP contribution in [0.15, 0.2) is 18.2 Å². The lowest BCUT2D eigenvalue weighted by molar-refractivity contribution is -0.137. The number of aryl methyl sites for hydroxylation is 2. The molecule has 1 aliphatic rings. The van der Waals surface area contributed by atoms with Crippen LogP contribution in [0.25, 0.3) is 0 Å². The number of rotatable bonds is 1. The van der Waals surface area contributed by atoms with Crippen LogP contribution in [0.1, 0.15) is 41.3 Å². The van der Waals surface area contributed by atoms with Gasteiger partial charge < -0.3 is 5.73 Å². The van der Waals surface area contributed by atoms with Crippen LogP contribution in [0.2, 0.25) is 0 Å². The number of benzene rings is 1. The number of anilines is 1. The lowest BCUT2D eigenvalue weighted by atomic mass is 9.87. The quantitative estimate of drug-likeness (QED) is 0.879. The third kappa shape index (κ3) is 2.48. The first-order valence-electron chi connectivity index (χ1n) is 6.74. The Hall–Kier alpha value is -2.05. The van der Waals surface area contributed by atoms with Crippen molar-refractivity contribution in [2.45, 2.75) is 38.4 Å². The molecule has 0 bridgehead atoms. The van der Waals surface area contributed by atoms with E-state index in [4.69, 9.17) is 5.73 Å².